The maximum Gasteiger partial charge on any atom is 0.416 e. The van der Waals surface area contributed by atoms with E-state index in [0.29, 0.717) is 17.0 Å². The van der Waals surface area contributed by atoms with Gasteiger partial charge in [-0.1, -0.05) is 82.2 Å². The van der Waals surface area contributed by atoms with Gasteiger partial charge in [-0.15, -0.1) is 0 Å². The van der Waals surface area contributed by atoms with Gasteiger partial charge in [0.15, 0.2) is 11.6 Å². The van der Waals surface area contributed by atoms with Crippen LogP contribution in [-0.4, -0.2) is 0 Å². The Balaban J connectivity index is 1.47. The van der Waals surface area contributed by atoms with Crippen molar-refractivity contribution in [1.29, 1.82) is 0 Å². The molecule has 3 aromatic rings. The van der Waals surface area contributed by atoms with E-state index in [9.17, 15) is 17.6 Å². The predicted molar refractivity (Wildman–Crippen MR) is 135 cm³/mol. The summed E-state index contributed by atoms with van der Waals surface area (Å²) in [5, 5.41) is 0. The van der Waals surface area contributed by atoms with Crippen LogP contribution in [0.3, 0.4) is 0 Å². The lowest BCUT2D eigenvalue weighted by Crippen LogP contribution is -2.15. The number of hydrogen-bond donors (Lipinski definition) is 0. The first kappa shape index (κ1) is 27.2. The molecule has 197 valence electrons. The van der Waals surface area contributed by atoms with Gasteiger partial charge in [0.05, 0.1) is 5.56 Å². The fraction of sp³-hybridized carbons (Fsp3) is 0.419. The van der Waals surface area contributed by atoms with Gasteiger partial charge in [0, 0.05) is 17.2 Å². The molecule has 0 spiro atoms. The fourth-order valence-electron chi connectivity index (χ4n) is 5.22. The predicted octanol–water partition coefficient (Wildman–Crippen LogP) is 10.2. The van der Waals surface area contributed by atoms with Crippen molar-refractivity contribution in [3.8, 4) is 22.6 Å². The Morgan fingerprint density at radius 1 is 0.892 bits per heavy atom. The van der Waals surface area contributed by atoms with Crippen molar-refractivity contribution in [2.45, 2.75) is 70.9 Å². The van der Waals surface area contributed by atoms with Gasteiger partial charge in [-0.3, -0.25) is 0 Å². The number of hydrogen-bond acceptors (Lipinski definition) is 1. The molecule has 37 heavy (non-hydrogen) atoms. The van der Waals surface area contributed by atoms with Gasteiger partial charge in [0.1, 0.15) is 11.6 Å². The topological polar surface area (TPSA) is 9.23 Å². The molecule has 0 unspecified atom stereocenters. The quantitative estimate of drug-likeness (QED) is 0.258. The number of unbranched alkanes of at least 4 members (excludes halogenated alkanes) is 1. The summed E-state index contributed by atoms with van der Waals surface area (Å²) in [6.07, 6.45) is 4.88. The molecular formula is C31H32F5O. The normalized spacial score (nSPS) is 18.1. The van der Waals surface area contributed by atoms with Gasteiger partial charge in [0.25, 0.3) is 0 Å². The van der Waals surface area contributed by atoms with E-state index in [4.69, 9.17) is 4.74 Å². The molecule has 0 aromatic heterocycles. The third-order valence-corrected chi connectivity index (χ3v) is 7.44. The van der Waals surface area contributed by atoms with Crippen LogP contribution < -0.4 is 4.74 Å². The second kappa shape index (κ2) is 12.1. The van der Waals surface area contributed by atoms with Crippen LogP contribution in [0.5, 0.6) is 11.5 Å². The lowest BCUT2D eigenvalue weighted by atomic mass is 9.78. The molecule has 0 saturated heterocycles. The maximum atomic E-state index is 15.4. The van der Waals surface area contributed by atoms with Crippen molar-refractivity contribution in [2.75, 3.05) is 0 Å². The second-order valence-corrected chi connectivity index (χ2v) is 10.00. The number of para-hydroxylation sites is 1. The average Bonchev–Trinajstić information content (AvgIpc) is 2.89. The summed E-state index contributed by atoms with van der Waals surface area (Å²) < 4.78 is 74.6. The van der Waals surface area contributed by atoms with Crippen molar-refractivity contribution < 1.29 is 26.7 Å². The minimum Gasteiger partial charge on any atom is -0.453 e. The van der Waals surface area contributed by atoms with Crippen LogP contribution >= 0.6 is 0 Å². The molecule has 0 atom stereocenters. The van der Waals surface area contributed by atoms with Crippen molar-refractivity contribution in [3.63, 3.8) is 0 Å². The summed E-state index contributed by atoms with van der Waals surface area (Å²) >= 11 is 0. The first-order chi connectivity index (χ1) is 17.8. The Morgan fingerprint density at radius 3 is 2.19 bits per heavy atom. The highest BCUT2D eigenvalue weighted by atomic mass is 19.4. The Labute approximate surface area is 215 Å². The van der Waals surface area contributed by atoms with E-state index in [1.807, 2.05) is 0 Å². The van der Waals surface area contributed by atoms with Crippen molar-refractivity contribution >= 4 is 0 Å². The Kier molecular flexibility index (Phi) is 8.88. The number of benzene rings is 3. The van der Waals surface area contributed by atoms with E-state index in [0.717, 1.165) is 43.4 Å². The minimum atomic E-state index is -4.44. The summed E-state index contributed by atoms with van der Waals surface area (Å²) in [4.78, 5) is 0. The Hall–Kier alpha value is -2.89. The van der Waals surface area contributed by atoms with Crippen LogP contribution in [0, 0.1) is 29.5 Å². The third-order valence-electron chi connectivity index (χ3n) is 7.44. The second-order valence-electron chi connectivity index (χ2n) is 10.00. The summed E-state index contributed by atoms with van der Waals surface area (Å²) in [7, 11) is 0. The molecule has 1 nitrogen and oxygen atoms in total. The molecule has 0 N–H and O–H groups in total. The maximum absolute atomic E-state index is 15.4. The SMILES string of the molecule is CCCC[C@H]1CC[C@H](CCc2c(F)c[c]c(Oc3ccccc3-c3ccc(C(F)(F)F)cc3)c2F)CC1. The lowest BCUT2D eigenvalue weighted by molar-refractivity contribution is -0.137. The molecule has 6 heteroatoms. The third kappa shape index (κ3) is 6.91. The number of alkyl halides is 3. The molecule has 1 fully saturated rings. The van der Waals surface area contributed by atoms with E-state index in [1.165, 1.54) is 44.2 Å². The summed E-state index contributed by atoms with van der Waals surface area (Å²) in [6, 6.07) is 15.0. The van der Waals surface area contributed by atoms with Crippen molar-refractivity contribution in [2.24, 2.45) is 11.8 Å². The van der Waals surface area contributed by atoms with Gasteiger partial charge < -0.3 is 4.74 Å². The highest BCUT2D eigenvalue weighted by Crippen LogP contribution is 2.38. The van der Waals surface area contributed by atoms with Gasteiger partial charge in [-0.2, -0.15) is 13.2 Å². The summed E-state index contributed by atoms with van der Waals surface area (Å²) in [6.45, 7) is 2.21. The zero-order valence-corrected chi connectivity index (χ0v) is 21.0. The molecule has 0 heterocycles. The smallest absolute Gasteiger partial charge is 0.416 e. The monoisotopic (exact) mass is 515 g/mol. The molecule has 4 rings (SSSR count). The van der Waals surface area contributed by atoms with Crippen molar-refractivity contribution in [3.05, 3.63) is 83.4 Å². The zero-order chi connectivity index (χ0) is 26.4. The van der Waals surface area contributed by atoms with Gasteiger partial charge in [-0.25, -0.2) is 8.78 Å². The van der Waals surface area contributed by atoms with Gasteiger partial charge in [0.2, 0.25) is 0 Å². The fourth-order valence-corrected chi connectivity index (χ4v) is 5.22. The van der Waals surface area contributed by atoms with E-state index < -0.39 is 23.4 Å². The number of ether oxygens (including phenoxy) is 1. The lowest BCUT2D eigenvalue weighted by Gasteiger charge is -2.28. The van der Waals surface area contributed by atoms with Crippen molar-refractivity contribution in [1.82, 2.24) is 0 Å². The van der Waals surface area contributed by atoms with E-state index in [2.05, 4.69) is 13.0 Å². The van der Waals surface area contributed by atoms with E-state index >= 15 is 4.39 Å². The van der Waals surface area contributed by atoms with Gasteiger partial charge in [-0.05, 0) is 54.5 Å². The summed E-state index contributed by atoms with van der Waals surface area (Å²) in [5.74, 6) is -0.151. The highest BCUT2D eigenvalue weighted by Gasteiger charge is 2.30. The Morgan fingerprint density at radius 2 is 1.54 bits per heavy atom. The first-order valence-corrected chi connectivity index (χ1v) is 13.1. The Bertz CT molecular complexity index is 1160. The minimum absolute atomic E-state index is 0.00568. The van der Waals surface area contributed by atoms with Crippen LogP contribution in [0.2, 0.25) is 0 Å². The molecule has 1 radical (unpaired) electrons. The average molecular weight is 516 g/mol. The van der Waals surface area contributed by atoms with Crippen LogP contribution in [-0.2, 0) is 12.6 Å². The standard InChI is InChI=1S/C31H32F5O/c1-2-3-6-21-9-11-22(12-10-21)13-18-26-27(32)19-20-29(30(26)33)37-28-8-5-4-7-25(28)23-14-16-24(17-15-23)31(34,35)36/h4-5,7-8,14-17,19,21-22H,2-3,6,9-13,18H2,1H3/t21-,22-. The van der Waals surface area contributed by atoms with Crippen LogP contribution in [0.25, 0.3) is 11.1 Å². The number of halogens is 5. The molecule has 0 bridgehead atoms. The number of rotatable bonds is 9. The molecule has 1 saturated carbocycles. The molecule has 3 aromatic carbocycles. The molecular weight excluding hydrogens is 483 g/mol. The summed E-state index contributed by atoms with van der Waals surface area (Å²) in [5.41, 5.74) is 0.219. The first-order valence-electron chi connectivity index (χ1n) is 13.1. The zero-order valence-electron chi connectivity index (χ0n) is 21.0. The highest BCUT2D eigenvalue weighted by molar-refractivity contribution is 5.71. The van der Waals surface area contributed by atoms with E-state index in [-0.39, 0.29) is 23.5 Å². The molecule has 0 amide bonds. The molecule has 1 aliphatic carbocycles. The van der Waals surface area contributed by atoms with Crippen LogP contribution in [0.1, 0.15) is 69.4 Å². The molecule has 1 aliphatic rings. The van der Waals surface area contributed by atoms with Crippen LogP contribution in [0.4, 0.5) is 22.0 Å². The van der Waals surface area contributed by atoms with Crippen LogP contribution in [0.15, 0.2) is 54.6 Å². The van der Waals surface area contributed by atoms with E-state index in [1.54, 1.807) is 24.3 Å². The molecule has 0 aliphatic heterocycles. The largest absolute Gasteiger partial charge is 0.453 e. The van der Waals surface area contributed by atoms with Gasteiger partial charge >= 0.3 is 6.18 Å².